The third kappa shape index (κ3) is 4.33. The molecule has 0 bridgehead atoms. The molecule has 104 valence electrons. The van der Waals surface area contributed by atoms with Gasteiger partial charge in [0.2, 0.25) is 5.95 Å². The summed E-state index contributed by atoms with van der Waals surface area (Å²) in [6.45, 7) is 8.57. The van der Waals surface area contributed by atoms with Crippen molar-refractivity contribution >= 4 is 5.95 Å². The Kier molecular flexibility index (Phi) is 6.19. The molecule has 2 N–H and O–H groups in total. The Morgan fingerprint density at radius 1 is 1.44 bits per heavy atom. The van der Waals surface area contributed by atoms with E-state index in [4.69, 9.17) is 5.73 Å². The van der Waals surface area contributed by atoms with Crippen LogP contribution in [0.5, 0.6) is 0 Å². The molecule has 0 fully saturated rings. The highest BCUT2D eigenvalue weighted by atomic mass is 15.3. The quantitative estimate of drug-likeness (QED) is 0.773. The second-order valence-electron chi connectivity index (χ2n) is 5.39. The van der Waals surface area contributed by atoms with Gasteiger partial charge >= 0.3 is 0 Å². The maximum absolute atomic E-state index is 6.08. The first-order valence-electron chi connectivity index (χ1n) is 7.04. The first-order chi connectivity index (χ1) is 8.56. The number of nitrogens with two attached hydrogens (primary N) is 1. The third-order valence-corrected chi connectivity index (χ3v) is 3.44. The van der Waals surface area contributed by atoms with Crippen LogP contribution in [0.1, 0.15) is 40.0 Å². The highest BCUT2D eigenvalue weighted by molar-refractivity contribution is 5.29. The Labute approximate surface area is 111 Å². The van der Waals surface area contributed by atoms with Gasteiger partial charge in [-0.15, -0.1) is 0 Å². The topological polar surface area (TPSA) is 47.1 Å². The molecule has 0 radical (unpaired) electrons. The van der Waals surface area contributed by atoms with Crippen molar-refractivity contribution in [3.63, 3.8) is 0 Å². The Morgan fingerprint density at radius 3 is 2.78 bits per heavy atom. The lowest BCUT2D eigenvalue weighted by Crippen LogP contribution is -2.32. The predicted molar refractivity (Wildman–Crippen MR) is 77.8 cm³/mol. The molecule has 1 aromatic heterocycles. The van der Waals surface area contributed by atoms with Crippen LogP contribution >= 0.6 is 0 Å². The smallest absolute Gasteiger partial charge is 0.205 e. The van der Waals surface area contributed by atoms with Gasteiger partial charge in [-0.1, -0.05) is 27.2 Å². The molecule has 1 heterocycles. The van der Waals surface area contributed by atoms with E-state index in [2.05, 4.69) is 48.5 Å². The third-order valence-electron chi connectivity index (χ3n) is 3.44. The molecule has 0 saturated heterocycles. The summed E-state index contributed by atoms with van der Waals surface area (Å²) in [4.78, 5) is 6.65. The second-order valence-corrected chi connectivity index (χ2v) is 5.39. The SMILES string of the molecule is CCCCn1ccnc1N(C)CCC(N)C(C)C. The number of aromatic nitrogens is 2. The summed E-state index contributed by atoms with van der Waals surface area (Å²) < 4.78 is 2.23. The van der Waals surface area contributed by atoms with Gasteiger partial charge < -0.3 is 15.2 Å². The monoisotopic (exact) mass is 252 g/mol. The highest BCUT2D eigenvalue weighted by Gasteiger charge is 2.12. The average Bonchev–Trinajstić information content (AvgIpc) is 2.81. The summed E-state index contributed by atoms with van der Waals surface area (Å²) in [5.41, 5.74) is 6.08. The number of nitrogens with zero attached hydrogens (tertiary/aromatic N) is 3. The number of anilines is 1. The maximum Gasteiger partial charge on any atom is 0.205 e. The summed E-state index contributed by atoms with van der Waals surface area (Å²) >= 11 is 0. The summed E-state index contributed by atoms with van der Waals surface area (Å²) in [6, 6.07) is 0.270. The molecule has 1 aromatic rings. The van der Waals surface area contributed by atoms with Crippen molar-refractivity contribution in [2.24, 2.45) is 11.7 Å². The van der Waals surface area contributed by atoms with E-state index in [9.17, 15) is 0 Å². The molecular formula is C14H28N4. The minimum Gasteiger partial charge on any atom is -0.345 e. The normalized spacial score (nSPS) is 13.0. The van der Waals surface area contributed by atoms with E-state index in [1.807, 2.05) is 6.20 Å². The fraction of sp³-hybridized carbons (Fsp3) is 0.786. The first kappa shape index (κ1) is 15.0. The van der Waals surface area contributed by atoms with E-state index in [1.54, 1.807) is 0 Å². The van der Waals surface area contributed by atoms with Gasteiger partial charge in [0, 0.05) is 38.6 Å². The van der Waals surface area contributed by atoms with Crippen LogP contribution in [0.15, 0.2) is 12.4 Å². The molecule has 0 saturated carbocycles. The van der Waals surface area contributed by atoms with Crippen LogP contribution in [0, 0.1) is 5.92 Å². The molecule has 0 aliphatic rings. The molecule has 1 atom stereocenters. The van der Waals surface area contributed by atoms with Gasteiger partial charge in [0.1, 0.15) is 0 Å². The lowest BCUT2D eigenvalue weighted by Gasteiger charge is -2.23. The molecule has 0 spiro atoms. The Bertz CT molecular complexity index is 332. The van der Waals surface area contributed by atoms with Crippen LogP contribution in [0.25, 0.3) is 0 Å². The zero-order chi connectivity index (χ0) is 13.5. The molecule has 0 amide bonds. The maximum atomic E-state index is 6.08. The molecule has 18 heavy (non-hydrogen) atoms. The van der Waals surface area contributed by atoms with Gasteiger partial charge in [-0.3, -0.25) is 0 Å². The molecule has 1 unspecified atom stereocenters. The lowest BCUT2D eigenvalue weighted by molar-refractivity contribution is 0.464. The minimum atomic E-state index is 0.270. The van der Waals surface area contributed by atoms with Gasteiger partial charge in [0.05, 0.1) is 0 Å². The van der Waals surface area contributed by atoms with Crippen molar-refractivity contribution < 1.29 is 0 Å². The fourth-order valence-corrected chi connectivity index (χ4v) is 1.92. The highest BCUT2D eigenvalue weighted by Crippen LogP contribution is 2.13. The van der Waals surface area contributed by atoms with E-state index in [0.717, 1.165) is 25.5 Å². The van der Waals surface area contributed by atoms with Crippen molar-refractivity contribution in [1.82, 2.24) is 9.55 Å². The second kappa shape index (κ2) is 7.41. The molecule has 0 aromatic carbocycles. The zero-order valence-corrected chi connectivity index (χ0v) is 12.3. The summed E-state index contributed by atoms with van der Waals surface area (Å²) in [7, 11) is 2.10. The number of imidazole rings is 1. The Morgan fingerprint density at radius 2 is 2.17 bits per heavy atom. The van der Waals surface area contributed by atoms with Gasteiger partial charge in [-0.05, 0) is 18.8 Å². The fourth-order valence-electron chi connectivity index (χ4n) is 1.92. The predicted octanol–water partition coefficient (Wildman–Crippen LogP) is 2.49. The van der Waals surface area contributed by atoms with Gasteiger partial charge in [0.15, 0.2) is 0 Å². The van der Waals surface area contributed by atoms with Crippen molar-refractivity contribution in [3.05, 3.63) is 12.4 Å². The Balaban J connectivity index is 2.50. The molecule has 1 rings (SSSR count). The standard InChI is InChI=1S/C14H28N4/c1-5-6-9-18-11-8-16-14(18)17(4)10-7-13(15)12(2)3/h8,11-13H,5-7,9-10,15H2,1-4H3. The van der Waals surface area contributed by atoms with Crippen LogP contribution in [0.2, 0.25) is 0 Å². The first-order valence-corrected chi connectivity index (χ1v) is 7.04. The Hall–Kier alpha value is -1.03. The average molecular weight is 252 g/mol. The van der Waals surface area contributed by atoms with E-state index >= 15 is 0 Å². The number of unbranched alkanes of at least 4 members (excludes halogenated alkanes) is 1. The molecule has 0 aliphatic heterocycles. The summed E-state index contributed by atoms with van der Waals surface area (Å²) in [5.74, 6) is 1.60. The van der Waals surface area contributed by atoms with Crippen LogP contribution in [0.3, 0.4) is 0 Å². The van der Waals surface area contributed by atoms with E-state index in [-0.39, 0.29) is 6.04 Å². The van der Waals surface area contributed by atoms with Gasteiger partial charge in [0.25, 0.3) is 0 Å². The van der Waals surface area contributed by atoms with Crippen molar-refractivity contribution in [2.75, 3.05) is 18.5 Å². The van der Waals surface area contributed by atoms with Crippen LogP contribution in [-0.2, 0) is 6.54 Å². The molecule has 4 nitrogen and oxygen atoms in total. The summed E-state index contributed by atoms with van der Waals surface area (Å²) in [6.07, 6.45) is 7.35. The summed E-state index contributed by atoms with van der Waals surface area (Å²) in [5, 5.41) is 0. The molecule has 4 heteroatoms. The van der Waals surface area contributed by atoms with Crippen molar-refractivity contribution in [1.29, 1.82) is 0 Å². The van der Waals surface area contributed by atoms with Crippen molar-refractivity contribution in [2.45, 2.75) is 52.6 Å². The molecular weight excluding hydrogens is 224 g/mol. The van der Waals surface area contributed by atoms with E-state index < -0.39 is 0 Å². The van der Waals surface area contributed by atoms with Crippen LogP contribution in [-0.4, -0.2) is 29.2 Å². The molecule has 0 aliphatic carbocycles. The van der Waals surface area contributed by atoms with Crippen molar-refractivity contribution in [3.8, 4) is 0 Å². The zero-order valence-electron chi connectivity index (χ0n) is 12.3. The number of hydrogen-bond acceptors (Lipinski definition) is 3. The van der Waals surface area contributed by atoms with Gasteiger partial charge in [-0.2, -0.15) is 0 Å². The van der Waals surface area contributed by atoms with Gasteiger partial charge in [-0.25, -0.2) is 4.98 Å². The number of hydrogen-bond donors (Lipinski definition) is 1. The largest absolute Gasteiger partial charge is 0.345 e. The minimum absolute atomic E-state index is 0.270. The lowest BCUT2D eigenvalue weighted by atomic mass is 10.0. The van der Waals surface area contributed by atoms with E-state index in [0.29, 0.717) is 5.92 Å². The number of aryl methyl sites for hydroxylation is 1. The van der Waals surface area contributed by atoms with E-state index in [1.165, 1.54) is 12.8 Å². The number of rotatable bonds is 8. The van der Waals surface area contributed by atoms with Crippen LogP contribution < -0.4 is 10.6 Å². The van der Waals surface area contributed by atoms with Crippen LogP contribution in [0.4, 0.5) is 5.95 Å².